The van der Waals surface area contributed by atoms with Crippen molar-refractivity contribution in [3.05, 3.63) is 0 Å². The van der Waals surface area contributed by atoms with E-state index in [4.69, 9.17) is 5.73 Å². The maximum absolute atomic E-state index is 11.9. The third kappa shape index (κ3) is 6.23. The number of amides is 1. The third-order valence-corrected chi connectivity index (χ3v) is 3.89. The van der Waals surface area contributed by atoms with Gasteiger partial charge in [-0.2, -0.15) is 0 Å². The van der Waals surface area contributed by atoms with E-state index in [2.05, 4.69) is 44.8 Å². The van der Waals surface area contributed by atoms with Crippen molar-refractivity contribution in [2.75, 3.05) is 19.6 Å². The second-order valence-electron chi connectivity index (χ2n) is 6.42. The molecule has 1 atom stereocenters. The lowest BCUT2D eigenvalue weighted by Crippen LogP contribution is -2.61. The van der Waals surface area contributed by atoms with Crippen LogP contribution in [0, 0.1) is 5.92 Å². The van der Waals surface area contributed by atoms with Crippen molar-refractivity contribution in [2.24, 2.45) is 11.7 Å². The first kappa shape index (κ1) is 19.4. The van der Waals surface area contributed by atoms with Crippen LogP contribution in [0.15, 0.2) is 0 Å². The van der Waals surface area contributed by atoms with Crippen molar-refractivity contribution in [3.63, 3.8) is 0 Å². The fourth-order valence-electron chi connectivity index (χ4n) is 2.64. The van der Waals surface area contributed by atoms with Crippen LogP contribution in [0.4, 0.5) is 0 Å². The largest absolute Gasteiger partial charge is 0.368 e. The summed E-state index contributed by atoms with van der Waals surface area (Å²) in [5, 5.41) is 3.34. The molecule has 20 heavy (non-hydrogen) atoms. The molecular formula is C16H35N3O. The number of nitrogens with two attached hydrogens (primary N) is 1. The Labute approximate surface area is 125 Å². The van der Waals surface area contributed by atoms with Crippen molar-refractivity contribution < 1.29 is 4.79 Å². The average molecular weight is 285 g/mol. The Bertz CT molecular complexity index is 277. The minimum absolute atomic E-state index is 0.259. The Morgan fingerprint density at radius 2 is 1.80 bits per heavy atom. The van der Waals surface area contributed by atoms with Gasteiger partial charge in [0, 0.05) is 19.1 Å². The quantitative estimate of drug-likeness (QED) is 0.613. The van der Waals surface area contributed by atoms with Gasteiger partial charge in [-0.15, -0.1) is 0 Å². The standard InChI is InChI=1S/C16H35N3O/c1-7-10-18-16(6,15(17)20)12-19(11-13(4)5)14(8-2)9-3/h13-14,18H,7-12H2,1-6H3,(H2,17,20). The van der Waals surface area contributed by atoms with Crippen LogP contribution in [0.3, 0.4) is 0 Å². The van der Waals surface area contributed by atoms with Crippen LogP contribution in [0.5, 0.6) is 0 Å². The van der Waals surface area contributed by atoms with Gasteiger partial charge in [0.15, 0.2) is 0 Å². The van der Waals surface area contributed by atoms with Crippen LogP contribution in [0.25, 0.3) is 0 Å². The highest BCUT2D eigenvalue weighted by molar-refractivity contribution is 5.84. The lowest BCUT2D eigenvalue weighted by atomic mass is 9.97. The fraction of sp³-hybridized carbons (Fsp3) is 0.938. The van der Waals surface area contributed by atoms with Gasteiger partial charge in [-0.05, 0) is 38.6 Å². The molecule has 120 valence electrons. The van der Waals surface area contributed by atoms with Gasteiger partial charge in [0.2, 0.25) is 5.91 Å². The highest BCUT2D eigenvalue weighted by atomic mass is 16.1. The number of hydrogen-bond donors (Lipinski definition) is 2. The maximum Gasteiger partial charge on any atom is 0.238 e. The summed E-state index contributed by atoms with van der Waals surface area (Å²) < 4.78 is 0. The predicted molar refractivity (Wildman–Crippen MR) is 86.7 cm³/mol. The maximum atomic E-state index is 11.9. The normalized spacial score (nSPS) is 15.1. The molecule has 0 rings (SSSR count). The topological polar surface area (TPSA) is 58.4 Å². The second-order valence-corrected chi connectivity index (χ2v) is 6.42. The van der Waals surface area contributed by atoms with Crippen molar-refractivity contribution in [1.29, 1.82) is 0 Å². The van der Waals surface area contributed by atoms with E-state index in [1.165, 1.54) is 0 Å². The van der Waals surface area contributed by atoms with Crippen LogP contribution < -0.4 is 11.1 Å². The Balaban J connectivity index is 5.00. The number of hydrogen-bond acceptors (Lipinski definition) is 3. The third-order valence-electron chi connectivity index (χ3n) is 3.89. The zero-order chi connectivity index (χ0) is 15.8. The summed E-state index contributed by atoms with van der Waals surface area (Å²) in [5.41, 5.74) is 5.00. The van der Waals surface area contributed by atoms with E-state index in [0.717, 1.165) is 32.4 Å². The zero-order valence-electron chi connectivity index (χ0n) is 14.3. The number of carbonyl (C=O) groups is 1. The van der Waals surface area contributed by atoms with E-state index in [9.17, 15) is 4.79 Å². The summed E-state index contributed by atoms with van der Waals surface area (Å²) in [6.45, 7) is 15.4. The molecule has 0 saturated heterocycles. The first-order valence-electron chi connectivity index (χ1n) is 8.09. The molecule has 4 heteroatoms. The Morgan fingerprint density at radius 1 is 1.25 bits per heavy atom. The van der Waals surface area contributed by atoms with Gasteiger partial charge in [0.1, 0.15) is 5.54 Å². The minimum Gasteiger partial charge on any atom is -0.368 e. The summed E-state index contributed by atoms with van der Waals surface area (Å²) in [6, 6.07) is 0.513. The number of nitrogens with one attached hydrogen (secondary N) is 1. The van der Waals surface area contributed by atoms with Crippen LogP contribution in [0.1, 0.15) is 60.8 Å². The molecule has 0 spiro atoms. The van der Waals surface area contributed by atoms with E-state index in [0.29, 0.717) is 18.5 Å². The molecule has 1 unspecified atom stereocenters. The molecule has 0 saturated carbocycles. The lowest BCUT2D eigenvalue weighted by molar-refractivity contribution is -0.125. The molecule has 0 aromatic carbocycles. The predicted octanol–water partition coefficient (Wildman–Crippen LogP) is 2.38. The van der Waals surface area contributed by atoms with Gasteiger partial charge in [-0.25, -0.2) is 0 Å². The first-order valence-corrected chi connectivity index (χ1v) is 8.09. The number of nitrogens with zero attached hydrogens (tertiary/aromatic N) is 1. The SMILES string of the molecule is CCCNC(C)(CN(CC(C)C)C(CC)CC)C(N)=O. The second kappa shape index (κ2) is 9.35. The summed E-state index contributed by atoms with van der Waals surface area (Å²) in [6.07, 6.45) is 3.20. The summed E-state index contributed by atoms with van der Waals surface area (Å²) in [7, 11) is 0. The Hall–Kier alpha value is -0.610. The smallest absolute Gasteiger partial charge is 0.238 e. The van der Waals surface area contributed by atoms with Crippen LogP contribution in [-0.2, 0) is 4.79 Å². The van der Waals surface area contributed by atoms with E-state index in [-0.39, 0.29) is 5.91 Å². The molecule has 0 aliphatic carbocycles. The van der Waals surface area contributed by atoms with E-state index >= 15 is 0 Å². The average Bonchev–Trinajstić information content (AvgIpc) is 2.36. The van der Waals surface area contributed by atoms with Crippen molar-refractivity contribution >= 4 is 5.91 Å². The molecule has 1 amide bonds. The molecule has 0 aliphatic heterocycles. The molecule has 0 aromatic heterocycles. The molecule has 0 radical (unpaired) electrons. The van der Waals surface area contributed by atoms with E-state index < -0.39 is 5.54 Å². The van der Waals surface area contributed by atoms with Gasteiger partial charge in [-0.3, -0.25) is 9.69 Å². The van der Waals surface area contributed by atoms with Gasteiger partial charge >= 0.3 is 0 Å². The molecule has 0 aromatic rings. The highest BCUT2D eigenvalue weighted by Crippen LogP contribution is 2.16. The molecule has 4 nitrogen and oxygen atoms in total. The van der Waals surface area contributed by atoms with Crippen molar-refractivity contribution in [2.45, 2.75) is 72.4 Å². The molecule has 0 bridgehead atoms. The highest BCUT2D eigenvalue weighted by Gasteiger charge is 2.34. The van der Waals surface area contributed by atoms with E-state index in [1.54, 1.807) is 0 Å². The summed E-state index contributed by atoms with van der Waals surface area (Å²) in [5.74, 6) is 0.324. The molecule has 0 fully saturated rings. The molecule has 0 aliphatic rings. The van der Waals surface area contributed by atoms with Gasteiger partial charge in [0.25, 0.3) is 0 Å². The lowest BCUT2D eigenvalue weighted by Gasteiger charge is -2.39. The molecule has 0 heterocycles. The number of carbonyl (C=O) groups excluding carboxylic acids is 1. The zero-order valence-corrected chi connectivity index (χ0v) is 14.3. The number of primary amides is 1. The Morgan fingerprint density at radius 3 is 2.15 bits per heavy atom. The summed E-state index contributed by atoms with van der Waals surface area (Å²) in [4.78, 5) is 14.3. The monoisotopic (exact) mass is 285 g/mol. The van der Waals surface area contributed by atoms with Gasteiger partial charge < -0.3 is 11.1 Å². The number of rotatable bonds is 11. The van der Waals surface area contributed by atoms with Crippen molar-refractivity contribution in [3.8, 4) is 0 Å². The molecule has 3 N–H and O–H groups in total. The van der Waals surface area contributed by atoms with Gasteiger partial charge in [-0.1, -0.05) is 34.6 Å². The van der Waals surface area contributed by atoms with Gasteiger partial charge in [0.05, 0.1) is 0 Å². The van der Waals surface area contributed by atoms with Crippen LogP contribution in [-0.4, -0.2) is 42.0 Å². The van der Waals surface area contributed by atoms with E-state index in [1.807, 2.05) is 6.92 Å². The van der Waals surface area contributed by atoms with Crippen LogP contribution >= 0.6 is 0 Å². The fourth-order valence-corrected chi connectivity index (χ4v) is 2.64. The van der Waals surface area contributed by atoms with Crippen molar-refractivity contribution in [1.82, 2.24) is 10.2 Å². The van der Waals surface area contributed by atoms with Crippen LogP contribution in [0.2, 0.25) is 0 Å². The Kier molecular flexibility index (Phi) is 9.06. The minimum atomic E-state index is -0.645. The summed E-state index contributed by atoms with van der Waals surface area (Å²) >= 11 is 0. The molecular weight excluding hydrogens is 250 g/mol. The first-order chi connectivity index (χ1) is 9.30.